The lowest BCUT2D eigenvalue weighted by atomic mass is 10.0. The lowest BCUT2D eigenvalue weighted by molar-refractivity contribution is -0.117. The molecule has 0 aliphatic carbocycles. The standard InChI is InChI=1S/C9H9FO/c1-9(10,7-11)8-5-3-2-4-6-8/h2-7H,1H3/t9-/m0/s1. The fourth-order valence-corrected chi connectivity index (χ4v) is 0.832. The molecule has 58 valence electrons. The Morgan fingerprint density at radius 3 is 2.36 bits per heavy atom. The summed E-state index contributed by atoms with van der Waals surface area (Å²) in [5.41, 5.74) is -1.45. The maximum atomic E-state index is 13.2. The van der Waals surface area contributed by atoms with Crippen LogP contribution in [-0.2, 0) is 10.5 Å². The number of halogens is 1. The largest absolute Gasteiger partial charge is 0.299 e. The van der Waals surface area contributed by atoms with Crippen LogP contribution in [0.3, 0.4) is 0 Å². The summed E-state index contributed by atoms with van der Waals surface area (Å²) in [6.07, 6.45) is 0.308. The number of carbonyl (C=O) groups is 1. The van der Waals surface area contributed by atoms with Gasteiger partial charge < -0.3 is 0 Å². The summed E-state index contributed by atoms with van der Waals surface area (Å²) < 4.78 is 13.2. The second-order valence-corrected chi connectivity index (χ2v) is 2.56. The monoisotopic (exact) mass is 152 g/mol. The summed E-state index contributed by atoms with van der Waals surface area (Å²) in [7, 11) is 0. The van der Waals surface area contributed by atoms with Crippen LogP contribution in [-0.4, -0.2) is 6.29 Å². The molecule has 0 unspecified atom stereocenters. The molecule has 0 fully saturated rings. The number of carbonyl (C=O) groups excluding carboxylic acids is 1. The van der Waals surface area contributed by atoms with Crippen LogP contribution in [0, 0.1) is 0 Å². The predicted octanol–water partition coefficient (Wildman–Crippen LogP) is 2.07. The Kier molecular flexibility index (Phi) is 2.03. The Morgan fingerprint density at radius 2 is 1.91 bits per heavy atom. The van der Waals surface area contributed by atoms with Gasteiger partial charge in [-0.3, -0.25) is 4.79 Å². The molecule has 1 nitrogen and oxygen atoms in total. The van der Waals surface area contributed by atoms with E-state index in [4.69, 9.17) is 0 Å². The van der Waals surface area contributed by atoms with Gasteiger partial charge in [-0.25, -0.2) is 4.39 Å². The first kappa shape index (κ1) is 7.92. The van der Waals surface area contributed by atoms with Crippen molar-refractivity contribution in [2.45, 2.75) is 12.6 Å². The Morgan fingerprint density at radius 1 is 1.36 bits per heavy atom. The fraction of sp³-hybridized carbons (Fsp3) is 0.222. The number of benzene rings is 1. The van der Waals surface area contributed by atoms with Gasteiger partial charge in [0, 0.05) is 0 Å². The van der Waals surface area contributed by atoms with Crippen LogP contribution in [0.1, 0.15) is 12.5 Å². The second kappa shape index (κ2) is 2.82. The van der Waals surface area contributed by atoms with Crippen LogP contribution < -0.4 is 0 Å². The summed E-state index contributed by atoms with van der Waals surface area (Å²) >= 11 is 0. The molecule has 0 aliphatic heterocycles. The summed E-state index contributed by atoms with van der Waals surface area (Å²) in [4.78, 5) is 10.3. The smallest absolute Gasteiger partial charge is 0.187 e. The molecule has 0 radical (unpaired) electrons. The molecule has 0 N–H and O–H groups in total. The molecule has 0 bridgehead atoms. The van der Waals surface area contributed by atoms with Crippen LogP contribution in [0.15, 0.2) is 30.3 Å². The maximum Gasteiger partial charge on any atom is 0.187 e. The van der Waals surface area contributed by atoms with E-state index in [1.807, 2.05) is 0 Å². The zero-order chi connectivity index (χ0) is 8.32. The van der Waals surface area contributed by atoms with Crippen molar-refractivity contribution in [1.29, 1.82) is 0 Å². The predicted molar refractivity (Wildman–Crippen MR) is 41.0 cm³/mol. The maximum absolute atomic E-state index is 13.2. The van der Waals surface area contributed by atoms with Crippen molar-refractivity contribution in [2.24, 2.45) is 0 Å². The van der Waals surface area contributed by atoms with E-state index in [-0.39, 0.29) is 0 Å². The van der Waals surface area contributed by atoms with Gasteiger partial charge in [-0.05, 0) is 12.5 Å². The van der Waals surface area contributed by atoms with Crippen LogP contribution in [0.2, 0.25) is 0 Å². The minimum atomic E-state index is -1.85. The quantitative estimate of drug-likeness (QED) is 0.593. The number of aldehydes is 1. The minimum absolute atomic E-state index is 0.308. The average molecular weight is 152 g/mol. The van der Waals surface area contributed by atoms with E-state index in [9.17, 15) is 9.18 Å². The first-order valence-electron chi connectivity index (χ1n) is 3.37. The van der Waals surface area contributed by atoms with Gasteiger partial charge in [-0.2, -0.15) is 0 Å². The van der Waals surface area contributed by atoms with E-state index >= 15 is 0 Å². The lowest BCUT2D eigenvalue weighted by Gasteiger charge is -2.11. The molecule has 2 heteroatoms. The molecule has 1 atom stereocenters. The number of rotatable bonds is 2. The molecule has 11 heavy (non-hydrogen) atoms. The Hall–Kier alpha value is -1.18. The van der Waals surface area contributed by atoms with E-state index in [0.29, 0.717) is 11.8 Å². The number of hydrogen-bond acceptors (Lipinski definition) is 1. The molecule has 1 aromatic carbocycles. The summed E-state index contributed by atoms with van der Waals surface area (Å²) in [5.74, 6) is 0. The van der Waals surface area contributed by atoms with E-state index in [0.717, 1.165) is 0 Å². The molecule has 0 saturated carbocycles. The molecule has 0 saturated heterocycles. The van der Waals surface area contributed by atoms with Crippen molar-refractivity contribution in [1.82, 2.24) is 0 Å². The van der Waals surface area contributed by atoms with Gasteiger partial charge in [-0.15, -0.1) is 0 Å². The first-order valence-corrected chi connectivity index (χ1v) is 3.37. The van der Waals surface area contributed by atoms with Crippen LogP contribution in [0.5, 0.6) is 0 Å². The van der Waals surface area contributed by atoms with Gasteiger partial charge in [0.15, 0.2) is 12.0 Å². The van der Waals surface area contributed by atoms with E-state index < -0.39 is 5.67 Å². The first-order chi connectivity index (χ1) is 5.17. The zero-order valence-electron chi connectivity index (χ0n) is 6.25. The van der Waals surface area contributed by atoms with Crippen LogP contribution in [0.4, 0.5) is 4.39 Å². The Bertz CT molecular complexity index is 241. The topological polar surface area (TPSA) is 17.1 Å². The summed E-state index contributed by atoms with van der Waals surface area (Å²) in [6.45, 7) is 1.25. The third-order valence-corrected chi connectivity index (χ3v) is 1.56. The van der Waals surface area contributed by atoms with E-state index in [2.05, 4.69) is 0 Å². The third kappa shape index (κ3) is 1.64. The Labute approximate surface area is 64.9 Å². The highest BCUT2D eigenvalue weighted by atomic mass is 19.1. The van der Waals surface area contributed by atoms with Crippen molar-refractivity contribution in [3.8, 4) is 0 Å². The van der Waals surface area contributed by atoms with E-state index in [1.165, 1.54) is 6.92 Å². The number of alkyl halides is 1. The number of hydrogen-bond donors (Lipinski definition) is 0. The van der Waals surface area contributed by atoms with Gasteiger partial charge in [0.05, 0.1) is 0 Å². The van der Waals surface area contributed by atoms with Crippen molar-refractivity contribution in [2.75, 3.05) is 0 Å². The minimum Gasteiger partial charge on any atom is -0.299 e. The third-order valence-electron chi connectivity index (χ3n) is 1.56. The van der Waals surface area contributed by atoms with Gasteiger partial charge >= 0.3 is 0 Å². The second-order valence-electron chi connectivity index (χ2n) is 2.56. The molecule has 0 spiro atoms. The van der Waals surface area contributed by atoms with Crippen LogP contribution in [0.25, 0.3) is 0 Å². The highest BCUT2D eigenvalue weighted by Crippen LogP contribution is 2.21. The van der Waals surface area contributed by atoms with Crippen LogP contribution >= 0.6 is 0 Å². The Balaban J connectivity index is 3.02. The van der Waals surface area contributed by atoms with Crippen molar-refractivity contribution >= 4 is 6.29 Å². The highest BCUT2D eigenvalue weighted by Gasteiger charge is 2.23. The van der Waals surface area contributed by atoms with Gasteiger partial charge in [0.2, 0.25) is 0 Å². The normalized spacial score (nSPS) is 15.5. The summed E-state index contributed by atoms with van der Waals surface area (Å²) in [6, 6.07) is 8.38. The lowest BCUT2D eigenvalue weighted by Crippen LogP contribution is -2.16. The van der Waals surface area contributed by atoms with Crippen molar-refractivity contribution in [3.63, 3.8) is 0 Å². The molecular weight excluding hydrogens is 143 g/mol. The zero-order valence-corrected chi connectivity index (χ0v) is 6.25. The van der Waals surface area contributed by atoms with Crippen molar-refractivity contribution < 1.29 is 9.18 Å². The SMILES string of the molecule is C[C@](F)(C=O)c1ccccc1. The molecule has 1 aromatic rings. The highest BCUT2D eigenvalue weighted by molar-refractivity contribution is 5.65. The molecule has 0 heterocycles. The molecule has 0 aromatic heterocycles. The van der Waals surface area contributed by atoms with Gasteiger partial charge in [0.1, 0.15) is 0 Å². The fourth-order valence-electron chi connectivity index (χ4n) is 0.832. The molecule has 1 rings (SSSR count). The summed E-state index contributed by atoms with van der Waals surface area (Å²) in [5, 5.41) is 0. The average Bonchev–Trinajstić information content (AvgIpc) is 2.06. The molecule has 0 amide bonds. The van der Waals surface area contributed by atoms with Gasteiger partial charge in [-0.1, -0.05) is 30.3 Å². The van der Waals surface area contributed by atoms with Crippen molar-refractivity contribution in [3.05, 3.63) is 35.9 Å². The molecule has 0 aliphatic rings. The van der Waals surface area contributed by atoms with E-state index in [1.54, 1.807) is 30.3 Å². The van der Waals surface area contributed by atoms with Gasteiger partial charge in [0.25, 0.3) is 0 Å². The molecular formula is C9H9FO.